The van der Waals surface area contributed by atoms with Crippen molar-refractivity contribution in [2.45, 2.75) is 10.9 Å². The number of amides is 3. The van der Waals surface area contributed by atoms with E-state index in [0.717, 1.165) is 0 Å². The number of benzene rings is 1. The molecule has 1 aromatic rings. The maximum absolute atomic E-state index is 11.2. The van der Waals surface area contributed by atoms with E-state index in [2.05, 4.69) is 22.5 Å². The first-order valence-electron chi connectivity index (χ1n) is 4.90. The molecule has 3 amide bonds. The molecule has 0 aliphatic carbocycles. The third-order valence-corrected chi connectivity index (χ3v) is 2.87. The van der Waals surface area contributed by atoms with Crippen LogP contribution in [0.25, 0.3) is 0 Å². The fraction of sp³-hybridized carbons (Fsp3) is 0.0909. The molecule has 92 valence electrons. The van der Waals surface area contributed by atoms with Crippen LogP contribution in [0.15, 0.2) is 29.2 Å². The van der Waals surface area contributed by atoms with Gasteiger partial charge in [-0.25, -0.2) is 9.00 Å². The minimum Gasteiger partial charge on any atom is -0.316 e. The third kappa shape index (κ3) is 2.74. The van der Waals surface area contributed by atoms with E-state index in [0.29, 0.717) is 5.56 Å². The fourth-order valence-corrected chi connectivity index (χ4v) is 1.70. The number of urea groups is 1. The molecule has 1 fully saturated rings. The quantitative estimate of drug-likeness (QED) is 0.373. The molecule has 3 N–H and O–H groups in total. The Morgan fingerprint density at radius 2 is 1.89 bits per heavy atom. The summed E-state index contributed by atoms with van der Waals surface area (Å²) in [5.41, 5.74) is 0.582. The first-order valence-corrected chi connectivity index (χ1v) is 6.01. The molecule has 2 atom stereocenters. The minimum atomic E-state index is -2.02. The Bertz CT molecular complexity index is 585. The molecule has 1 aliphatic heterocycles. The topological polar surface area (TPSA) is 95.5 Å². The van der Waals surface area contributed by atoms with Crippen LogP contribution < -0.4 is 10.6 Å². The number of nitrogens with one attached hydrogen (secondary N) is 2. The number of carbonyl (C=O) groups excluding carboxylic acids is 2. The van der Waals surface area contributed by atoms with Gasteiger partial charge in [0.15, 0.2) is 17.1 Å². The van der Waals surface area contributed by atoms with Crippen LogP contribution in [0.5, 0.6) is 0 Å². The van der Waals surface area contributed by atoms with Gasteiger partial charge in [0.25, 0.3) is 5.91 Å². The van der Waals surface area contributed by atoms with E-state index in [1.807, 2.05) is 0 Å². The van der Waals surface area contributed by atoms with E-state index in [1.54, 1.807) is 12.1 Å². The second-order valence-corrected chi connectivity index (χ2v) is 4.41. The Kier molecular flexibility index (Phi) is 3.41. The molecule has 1 aromatic carbocycles. The van der Waals surface area contributed by atoms with Gasteiger partial charge >= 0.3 is 6.03 Å². The molecule has 2 rings (SSSR count). The van der Waals surface area contributed by atoms with Gasteiger partial charge < -0.3 is 9.87 Å². The number of carbonyl (C=O) groups is 2. The third-order valence-electron chi connectivity index (χ3n) is 2.19. The van der Waals surface area contributed by atoms with Crippen LogP contribution in [0, 0.1) is 11.8 Å². The second kappa shape index (κ2) is 5.00. The van der Waals surface area contributed by atoms with Crippen LogP contribution in [0.4, 0.5) is 4.79 Å². The monoisotopic (exact) mass is 264 g/mol. The summed E-state index contributed by atoms with van der Waals surface area (Å²) in [6.45, 7) is 0. The Morgan fingerprint density at radius 3 is 2.39 bits per heavy atom. The number of hydrogen-bond acceptors (Lipinski definition) is 3. The van der Waals surface area contributed by atoms with Gasteiger partial charge in [0.1, 0.15) is 0 Å². The molecule has 1 saturated heterocycles. The Hall–Kier alpha value is -2.17. The lowest BCUT2D eigenvalue weighted by Crippen LogP contribution is -2.26. The summed E-state index contributed by atoms with van der Waals surface area (Å²) in [7, 11) is 0. The van der Waals surface area contributed by atoms with Crippen LogP contribution in [-0.2, 0) is 15.9 Å². The summed E-state index contributed by atoms with van der Waals surface area (Å²) >= 11 is -2.02. The highest BCUT2D eigenvalue weighted by Crippen LogP contribution is 2.06. The summed E-state index contributed by atoms with van der Waals surface area (Å²) in [5.74, 6) is 4.81. The van der Waals surface area contributed by atoms with Crippen LogP contribution in [0.1, 0.15) is 5.56 Å². The van der Waals surface area contributed by atoms with Gasteiger partial charge in [0.05, 0.1) is 4.90 Å². The van der Waals surface area contributed by atoms with Crippen molar-refractivity contribution in [1.82, 2.24) is 10.6 Å². The molecular formula is C11H8N2O4S. The van der Waals surface area contributed by atoms with E-state index in [1.165, 1.54) is 12.1 Å². The zero-order chi connectivity index (χ0) is 13.1. The molecule has 0 spiro atoms. The van der Waals surface area contributed by atoms with Gasteiger partial charge in [-0.2, -0.15) is 0 Å². The highest BCUT2D eigenvalue weighted by Gasteiger charge is 2.27. The summed E-state index contributed by atoms with van der Waals surface area (Å²) in [5, 5.41) is 4.40. The highest BCUT2D eigenvalue weighted by molar-refractivity contribution is 7.79. The lowest BCUT2D eigenvalue weighted by Gasteiger charge is -1.96. The van der Waals surface area contributed by atoms with Crippen molar-refractivity contribution < 1.29 is 18.4 Å². The highest BCUT2D eigenvalue weighted by atomic mass is 32.2. The van der Waals surface area contributed by atoms with E-state index in [9.17, 15) is 13.8 Å². The van der Waals surface area contributed by atoms with Crippen LogP contribution in [0.2, 0.25) is 0 Å². The molecule has 0 saturated carbocycles. The van der Waals surface area contributed by atoms with Crippen molar-refractivity contribution in [2.75, 3.05) is 0 Å². The molecule has 0 radical (unpaired) electrons. The van der Waals surface area contributed by atoms with Crippen molar-refractivity contribution in [1.29, 1.82) is 0 Å². The van der Waals surface area contributed by atoms with Crippen molar-refractivity contribution in [3.05, 3.63) is 29.8 Å². The summed E-state index contributed by atoms with van der Waals surface area (Å²) in [6.07, 6.45) is 0. The SMILES string of the molecule is O=C1NC(=O)C(C#Cc2ccc(S(=O)O)cc2)N1. The first-order chi connectivity index (χ1) is 8.56. The molecule has 7 heteroatoms. The van der Waals surface area contributed by atoms with Crippen LogP contribution >= 0.6 is 0 Å². The van der Waals surface area contributed by atoms with Crippen molar-refractivity contribution in [2.24, 2.45) is 0 Å². The van der Waals surface area contributed by atoms with Gasteiger partial charge in [-0.1, -0.05) is 11.8 Å². The second-order valence-electron chi connectivity index (χ2n) is 3.44. The molecule has 0 aromatic heterocycles. The summed E-state index contributed by atoms with van der Waals surface area (Å²) < 4.78 is 19.5. The summed E-state index contributed by atoms with van der Waals surface area (Å²) in [4.78, 5) is 22.3. The maximum atomic E-state index is 11.2. The molecule has 0 bridgehead atoms. The molecule has 6 nitrogen and oxygen atoms in total. The van der Waals surface area contributed by atoms with Crippen molar-refractivity contribution >= 4 is 23.0 Å². The lowest BCUT2D eigenvalue weighted by molar-refractivity contribution is -0.119. The predicted octanol–water partition coefficient (Wildman–Crippen LogP) is -0.173. The van der Waals surface area contributed by atoms with E-state index in [4.69, 9.17) is 4.55 Å². The lowest BCUT2D eigenvalue weighted by atomic mass is 10.2. The largest absolute Gasteiger partial charge is 0.322 e. The van der Waals surface area contributed by atoms with Gasteiger partial charge in [-0.15, -0.1) is 0 Å². The van der Waals surface area contributed by atoms with Crippen molar-refractivity contribution in [3.63, 3.8) is 0 Å². The van der Waals surface area contributed by atoms with E-state index < -0.39 is 29.1 Å². The molecule has 1 heterocycles. The minimum absolute atomic E-state index is 0.271. The predicted molar refractivity (Wildman–Crippen MR) is 62.8 cm³/mol. The number of hydrogen-bond donors (Lipinski definition) is 3. The molecule has 2 unspecified atom stereocenters. The molecule has 1 aliphatic rings. The fourth-order valence-electron chi connectivity index (χ4n) is 1.33. The maximum Gasteiger partial charge on any atom is 0.322 e. The van der Waals surface area contributed by atoms with Gasteiger partial charge in [-0.3, -0.25) is 10.1 Å². The van der Waals surface area contributed by atoms with E-state index >= 15 is 0 Å². The number of imide groups is 1. The number of rotatable bonds is 1. The average molecular weight is 264 g/mol. The molecule has 18 heavy (non-hydrogen) atoms. The smallest absolute Gasteiger partial charge is 0.316 e. The zero-order valence-electron chi connectivity index (χ0n) is 8.97. The van der Waals surface area contributed by atoms with Gasteiger partial charge in [-0.05, 0) is 24.3 Å². The standard InChI is InChI=1S/C11H8N2O4S/c14-10-9(12-11(15)13-10)6-3-7-1-4-8(5-2-7)18(16)17/h1-2,4-5,9H,(H,16,17)(H2,12,13,14,15). The normalized spacial score (nSPS) is 19.5. The van der Waals surface area contributed by atoms with Crippen molar-refractivity contribution in [3.8, 4) is 11.8 Å². The summed E-state index contributed by atoms with van der Waals surface area (Å²) in [6, 6.07) is 4.63. The van der Waals surface area contributed by atoms with Gasteiger partial charge in [0, 0.05) is 5.56 Å². The van der Waals surface area contributed by atoms with Crippen LogP contribution in [-0.4, -0.2) is 26.7 Å². The Labute approximate surface area is 105 Å². The first kappa shape index (κ1) is 12.3. The molecular weight excluding hydrogens is 256 g/mol. The van der Waals surface area contributed by atoms with Crippen LogP contribution in [0.3, 0.4) is 0 Å². The van der Waals surface area contributed by atoms with E-state index in [-0.39, 0.29) is 4.90 Å². The average Bonchev–Trinajstić information content (AvgIpc) is 2.66. The Balaban J connectivity index is 2.13. The zero-order valence-corrected chi connectivity index (χ0v) is 9.78. The Morgan fingerprint density at radius 1 is 1.22 bits per heavy atom. The van der Waals surface area contributed by atoms with Gasteiger partial charge in [0.2, 0.25) is 0 Å².